The van der Waals surface area contributed by atoms with Crippen molar-refractivity contribution in [3.63, 3.8) is 0 Å². The third kappa shape index (κ3) is 4.14. The van der Waals surface area contributed by atoms with E-state index in [1.807, 2.05) is 24.3 Å². The van der Waals surface area contributed by atoms with Gasteiger partial charge in [0.1, 0.15) is 0 Å². The number of anilines is 1. The van der Waals surface area contributed by atoms with Gasteiger partial charge in [-0.1, -0.05) is 67.0 Å². The van der Waals surface area contributed by atoms with Crippen molar-refractivity contribution in [1.82, 2.24) is 14.6 Å². The van der Waals surface area contributed by atoms with Gasteiger partial charge in [0.05, 0.1) is 15.8 Å². The number of carbonyl (C=O) groups is 1. The number of thioether (sulfide) groups is 1. The lowest BCUT2D eigenvalue weighted by molar-refractivity contribution is -0.113. The van der Waals surface area contributed by atoms with Crippen molar-refractivity contribution in [1.29, 1.82) is 0 Å². The topological polar surface area (TPSA) is 59.3 Å². The SMILES string of the molecule is CC[C@H](C)c1ccccc1NC(=O)CSc1nnc2c(Cl)cc(Cl)cn12. The minimum Gasteiger partial charge on any atom is -0.325 e. The van der Waals surface area contributed by atoms with Crippen LogP contribution in [0.15, 0.2) is 41.7 Å². The van der Waals surface area contributed by atoms with Crippen LogP contribution < -0.4 is 5.32 Å². The molecule has 0 spiro atoms. The highest BCUT2D eigenvalue weighted by Gasteiger charge is 2.14. The third-order valence-electron chi connectivity index (χ3n) is 4.11. The molecule has 0 aliphatic carbocycles. The molecule has 1 N–H and O–H groups in total. The number of carbonyl (C=O) groups excluding carboxylic acids is 1. The van der Waals surface area contributed by atoms with E-state index < -0.39 is 0 Å². The van der Waals surface area contributed by atoms with Crippen LogP contribution in [0, 0.1) is 0 Å². The Labute approximate surface area is 166 Å². The molecule has 136 valence electrons. The molecule has 0 fully saturated rings. The average molecular weight is 409 g/mol. The Bertz CT molecular complexity index is 944. The molecule has 0 unspecified atom stereocenters. The zero-order valence-corrected chi connectivity index (χ0v) is 16.7. The summed E-state index contributed by atoms with van der Waals surface area (Å²) in [6.45, 7) is 4.28. The maximum absolute atomic E-state index is 12.4. The second kappa shape index (κ2) is 8.29. The summed E-state index contributed by atoms with van der Waals surface area (Å²) in [5, 5.41) is 12.6. The maximum Gasteiger partial charge on any atom is 0.234 e. The van der Waals surface area contributed by atoms with Crippen molar-refractivity contribution >= 4 is 52.2 Å². The largest absolute Gasteiger partial charge is 0.325 e. The zero-order valence-electron chi connectivity index (χ0n) is 14.4. The van der Waals surface area contributed by atoms with Gasteiger partial charge in [0.25, 0.3) is 0 Å². The van der Waals surface area contributed by atoms with Gasteiger partial charge in [0, 0.05) is 11.9 Å². The quantitative estimate of drug-likeness (QED) is 0.563. The van der Waals surface area contributed by atoms with Crippen molar-refractivity contribution in [2.45, 2.75) is 31.3 Å². The van der Waals surface area contributed by atoms with E-state index in [1.54, 1.807) is 16.7 Å². The number of hydrogen-bond acceptors (Lipinski definition) is 4. The van der Waals surface area contributed by atoms with E-state index >= 15 is 0 Å². The van der Waals surface area contributed by atoms with E-state index in [9.17, 15) is 4.79 Å². The first kappa shape index (κ1) is 19.0. The molecule has 0 bridgehead atoms. The summed E-state index contributed by atoms with van der Waals surface area (Å²) in [6, 6.07) is 9.50. The second-order valence-corrected chi connectivity index (χ2v) is 7.70. The highest BCUT2D eigenvalue weighted by molar-refractivity contribution is 7.99. The van der Waals surface area contributed by atoms with Gasteiger partial charge in [-0.05, 0) is 30.0 Å². The monoisotopic (exact) mass is 408 g/mol. The van der Waals surface area contributed by atoms with Crippen molar-refractivity contribution in [2.24, 2.45) is 0 Å². The van der Waals surface area contributed by atoms with Crippen LogP contribution in [0.5, 0.6) is 0 Å². The number of benzene rings is 1. The lowest BCUT2D eigenvalue weighted by Gasteiger charge is -2.15. The zero-order chi connectivity index (χ0) is 18.7. The summed E-state index contributed by atoms with van der Waals surface area (Å²) in [5.74, 6) is 0.485. The minimum absolute atomic E-state index is 0.101. The molecule has 3 rings (SSSR count). The molecule has 0 aliphatic rings. The van der Waals surface area contributed by atoms with Gasteiger partial charge in [0.15, 0.2) is 10.8 Å². The number of amides is 1. The van der Waals surface area contributed by atoms with Gasteiger partial charge in [0.2, 0.25) is 5.91 Å². The fourth-order valence-electron chi connectivity index (χ4n) is 2.58. The standard InChI is InChI=1S/C18H18Cl2N4OS/c1-3-11(2)13-6-4-5-7-15(13)21-16(25)10-26-18-23-22-17-14(20)8-12(19)9-24(17)18/h4-9,11H,3,10H2,1-2H3,(H,21,25)/t11-/m0/s1. The molecule has 1 atom stereocenters. The van der Waals surface area contributed by atoms with Crippen molar-refractivity contribution in [2.75, 3.05) is 11.1 Å². The first-order valence-corrected chi connectivity index (χ1v) is 9.95. The van der Waals surface area contributed by atoms with Gasteiger partial charge in [-0.25, -0.2) is 0 Å². The Morgan fingerprint density at radius 2 is 2.08 bits per heavy atom. The van der Waals surface area contributed by atoms with Gasteiger partial charge in [-0.15, -0.1) is 10.2 Å². The van der Waals surface area contributed by atoms with E-state index in [0.717, 1.165) is 17.7 Å². The molecule has 1 aromatic carbocycles. The van der Waals surface area contributed by atoms with Crippen LogP contribution in [0.1, 0.15) is 31.7 Å². The predicted molar refractivity (Wildman–Crippen MR) is 108 cm³/mol. The Morgan fingerprint density at radius 1 is 1.31 bits per heavy atom. The molecule has 0 aliphatic heterocycles. The fraction of sp³-hybridized carbons (Fsp3) is 0.278. The number of halogens is 2. The number of hydrogen-bond donors (Lipinski definition) is 1. The lowest BCUT2D eigenvalue weighted by atomic mass is 9.97. The van der Waals surface area contributed by atoms with Crippen LogP contribution >= 0.6 is 35.0 Å². The molecule has 5 nitrogen and oxygen atoms in total. The van der Waals surface area contributed by atoms with Crippen molar-refractivity contribution < 1.29 is 4.79 Å². The van der Waals surface area contributed by atoms with Crippen LogP contribution in [0.3, 0.4) is 0 Å². The summed E-state index contributed by atoms with van der Waals surface area (Å²) in [5.41, 5.74) is 2.51. The Hall–Kier alpha value is -1.76. The summed E-state index contributed by atoms with van der Waals surface area (Å²) in [6.07, 6.45) is 2.69. The number of nitrogens with one attached hydrogen (secondary N) is 1. The van der Waals surface area contributed by atoms with E-state index in [-0.39, 0.29) is 11.7 Å². The minimum atomic E-state index is -0.101. The first-order valence-electron chi connectivity index (χ1n) is 8.21. The molecule has 0 radical (unpaired) electrons. The highest BCUT2D eigenvalue weighted by atomic mass is 35.5. The summed E-state index contributed by atoms with van der Waals surface area (Å²) >= 11 is 13.4. The summed E-state index contributed by atoms with van der Waals surface area (Å²) in [7, 11) is 0. The Morgan fingerprint density at radius 3 is 2.85 bits per heavy atom. The number of pyridine rings is 1. The van der Waals surface area contributed by atoms with Crippen LogP contribution in [0.4, 0.5) is 5.69 Å². The molecule has 0 saturated carbocycles. The van der Waals surface area contributed by atoms with E-state index in [1.165, 1.54) is 11.8 Å². The van der Waals surface area contributed by atoms with Crippen LogP contribution in [0.2, 0.25) is 10.0 Å². The molecular weight excluding hydrogens is 391 g/mol. The Balaban J connectivity index is 1.71. The lowest BCUT2D eigenvalue weighted by Crippen LogP contribution is -2.16. The molecular formula is C18H18Cl2N4OS. The number of rotatable bonds is 6. The predicted octanol–water partition coefficient (Wildman–Crippen LogP) is 5.28. The van der Waals surface area contributed by atoms with Gasteiger partial charge in [-0.3, -0.25) is 9.20 Å². The summed E-state index contributed by atoms with van der Waals surface area (Å²) < 4.78 is 1.69. The van der Waals surface area contributed by atoms with Crippen molar-refractivity contribution in [3.05, 3.63) is 52.1 Å². The number of para-hydroxylation sites is 1. The molecule has 26 heavy (non-hydrogen) atoms. The van der Waals surface area contributed by atoms with Gasteiger partial charge >= 0.3 is 0 Å². The average Bonchev–Trinajstić information content (AvgIpc) is 3.03. The number of aromatic nitrogens is 3. The van der Waals surface area contributed by atoms with E-state index in [0.29, 0.717) is 26.8 Å². The second-order valence-electron chi connectivity index (χ2n) is 5.92. The molecule has 8 heteroatoms. The van der Waals surface area contributed by atoms with Crippen LogP contribution in [-0.4, -0.2) is 26.3 Å². The third-order valence-corrected chi connectivity index (χ3v) is 5.53. The smallest absolute Gasteiger partial charge is 0.234 e. The fourth-order valence-corrected chi connectivity index (χ4v) is 3.80. The Kier molecular flexibility index (Phi) is 6.06. The highest BCUT2D eigenvalue weighted by Crippen LogP contribution is 2.28. The van der Waals surface area contributed by atoms with Gasteiger partial charge < -0.3 is 5.32 Å². The maximum atomic E-state index is 12.4. The van der Waals surface area contributed by atoms with Crippen LogP contribution in [0.25, 0.3) is 5.65 Å². The first-order chi connectivity index (χ1) is 12.5. The molecule has 3 aromatic rings. The van der Waals surface area contributed by atoms with E-state index in [2.05, 4.69) is 29.4 Å². The number of nitrogens with zero attached hydrogens (tertiary/aromatic N) is 3. The van der Waals surface area contributed by atoms with Crippen molar-refractivity contribution in [3.8, 4) is 0 Å². The van der Waals surface area contributed by atoms with Crippen LogP contribution in [-0.2, 0) is 4.79 Å². The number of fused-ring (bicyclic) bond motifs is 1. The van der Waals surface area contributed by atoms with E-state index in [4.69, 9.17) is 23.2 Å². The molecule has 0 saturated heterocycles. The normalized spacial score (nSPS) is 12.3. The molecule has 1 amide bonds. The molecule has 2 heterocycles. The molecule has 2 aromatic heterocycles. The van der Waals surface area contributed by atoms with Gasteiger partial charge in [-0.2, -0.15) is 0 Å². The summed E-state index contributed by atoms with van der Waals surface area (Å²) in [4.78, 5) is 12.4.